The second-order valence-corrected chi connectivity index (χ2v) is 6.11. The van der Waals surface area contributed by atoms with E-state index in [1.165, 1.54) is 11.3 Å². The van der Waals surface area contributed by atoms with E-state index in [4.69, 9.17) is 17.3 Å². The highest BCUT2D eigenvalue weighted by atomic mass is 35.5. The summed E-state index contributed by atoms with van der Waals surface area (Å²) >= 11 is 7.34. The SMILES string of the molecule is CCC(C)C(N)C(=O)N(C)Cc1ccc(Cl)s1. The Balaban J connectivity index is 2.58. The number of nitrogens with zero attached hydrogens (tertiary/aromatic N) is 1. The molecule has 2 atom stereocenters. The summed E-state index contributed by atoms with van der Waals surface area (Å²) in [5, 5.41) is 0. The third kappa shape index (κ3) is 3.98. The van der Waals surface area contributed by atoms with E-state index in [2.05, 4.69) is 0 Å². The average Bonchev–Trinajstić information content (AvgIpc) is 2.71. The second kappa shape index (κ2) is 6.38. The summed E-state index contributed by atoms with van der Waals surface area (Å²) < 4.78 is 0.743. The lowest BCUT2D eigenvalue weighted by molar-refractivity contribution is -0.132. The molecular formula is C12H19ClN2OS. The molecule has 1 amide bonds. The molecule has 1 heterocycles. The summed E-state index contributed by atoms with van der Waals surface area (Å²) in [4.78, 5) is 14.8. The number of carbonyl (C=O) groups is 1. The van der Waals surface area contributed by atoms with Crippen LogP contribution in [0.4, 0.5) is 0 Å². The number of hydrogen-bond acceptors (Lipinski definition) is 3. The van der Waals surface area contributed by atoms with Crippen LogP contribution in [0.3, 0.4) is 0 Å². The van der Waals surface area contributed by atoms with E-state index in [1.807, 2.05) is 26.0 Å². The van der Waals surface area contributed by atoms with Gasteiger partial charge in [0.2, 0.25) is 5.91 Å². The maximum atomic E-state index is 12.0. The molecule has 0 radical (unpaired) electrons. The Morgan fingerprint density at radius 2 is 2.24 bits per heavy atom. The molecule has 1 rings (SSSR count). The topological polar surface area (TPSA) is 46.3 Å². The Labute approximate surface area is 112 Å². The van der Waals surface area contributed by atoms with Crippen molar-refractivity contribution in [2.24, 2.45) is 11.7 Å². The van der Waals surface area contributed by atoms with E-state index in [9.17, 15) is 4.79 Å². The number of likely N-dealkylation sites (N-methyl/N-ethyl adjacent to an activating group) is 1. The van der Waals surface area contributed by atoms with Crippen LogP contribution in [0.1, 0.15) is 25.1 Å². The van der Waals surface area contributed by atoms with Crippen molar-refractivity contribution in [2.75, 3.05) is 7.05 Å². The Kier molecular flexibility index (Phi) is 5.43. The van der Waals surface area contributed by atoms with Gasteiger partial charge in [-0.3, -0.25) is 4.79 Å². The number of rotatable bonds is 5. The fourth-order valence-electron chi connectivity index (χ4n) is 1.50. The van der Waals surface area contributed by atoms with Crippen molar-refractivity contribution in [1.82, 2.24) is 4.90 Å². The Morgan fingerprint density at radius 3 is 2.71 bits per heavy atom. The van der Waals surface area contributed by atoms with Gasteiger partial charge in [0.25, 0.3) is 0 Å². The van der Waals surface area contributed by atoms with Crippen molar-refractivity contribution >= 4 is 28.8 Å². The van der Waals surface area contributed by atoms with Gasteiger partial charge in [0.05, 0.1) is 16.9 Å². The standard InChI is InChI=1S/C12H19ClN2OS/c1-4-8(2)11(14)12(16)15(3)7-9-5-6-10(13)17-9/h5-6,8,11H,4,7,14H2,1-3H3. The smallest absolute Gasteiger partial charge is 0.239 e. The summed E-state index contributed by atoms with van der Waals surface area (Å²) in [6.45, 7) is 4.61. The van der Waals surface area contributed by atoms with Crippen molar-refractivity contribution < 1.29 is 4.79 Å². The monoisotopic (exact) mass is 274 g/mol. The number of nitrogens with two attached hydrogens (primary N) is 1. The van der Waals surface area contributed by atoms with Gasteiger partial charge < -0.3 is 10.6 Å². The van der Waals surface area contributed by atoms with Gasteiger partial charge in [0.1, 0.15) is 0 Å². The van der Waals surface area contributed by atoms with Crippen LogP contribution in [0.25, 0.3) is 0 Å². The van der Waals surface area contributed by atoms with Gasteiger partial charge in [-0.25, -0.2) is 0 Å². The van der Waals surface area contributed by atoms with Gasteiger partial charge in [-0.2, -0.15) is 0 Å². The van der Waals surface area contributed by atoms with Crippen LogP contribution in [0, 0.1) is 5.92 Å². The quantitative estimate of drug-likeness (QED) is 0.897. The Hall–Kier alpha value is -0.580. The van der Waals surface area contributed by atoms with Crippen LogP contribution < -0.4 is 5.73 Å². The maximum Gasteiger partial charge on any atom is 0.239 e. The maximum absolute atomic E-state index is 12.0. The zero-order valence-electron chi connectivity index (χ0n) is 10.4. The lowest BCUT2D eigenvalue weighted by atomic mass is 9.99. The van der Waals surface area contributed by atoms with Crippen LogP contribution in [-0.4, -0.2) is 23.9 Å². The Bertz CT molecular complexity index is 380. The summed E-state index contributed by atoms with van der Waals surface area (Å²) in [6.07, 6.45) is 0.908. The molecule has 96 valence electrons. The van der Waals surface area contributed by atoms with Crippen LogP contribution in [0.2, 0.25) is 4.34 Å². The largest absolute Gasteiger partial charge is 0.339 e. The van der Waals surface area contributed by atoms with Gasteiger partial charge >= 0.3 is 0 Å². The fourth-order valence-corrected chi connectivity index (χ4v) is 2.64. The molecule has 2 N–H and O–H groups in total. The van der Waals surface area contributed by atoms with Crippen molar-refractivity contribution in [3.63, 3.8) is 0 Å². The molecule has 0 saturated heterocycles. The first kappa shape index (κ1) is 14.5. The molecule has 0 aromatic carbocycles. The highest BCUT2D eigenvalue weighted by Gasteiger charge is 2.22. The summed E-state index contributed by atoms with van der Waals surface area (Å²) in [5.74, 6) is 0.195. The highest BCUT2D eigenvalue weighted by molar-refractivity contribution is 7.16. The first-order valence-electron chi connectivity index (χ1n) is 5.70. The summed E-state index contributed by atoms with van der Waals surface area (Å²) in [5.41, 5.74) is 5.92. The first-order chi connectivity index (χ1) is 7.95. The lowest BCUT2D eigenvalue weighted by Gasteiger charge is -2.24. The van der Waals surface area contributed by atoms with E-state index in [0.717, 1.165) is 15.6 Å². The summed E-state index contributed by atoms with van der Waals surface area (Å²) in [6, 6.07) is 3.36. The minimum Gasteiger partial charge on any atom is -0.339 e. The van der Waals surface area contributed by atoms with Gasteiger partial charge in [-0.05, 0) is 18.1 Å². The van der Waals surface area contributed by atoms with E-state index in [-0.39, 0.29) is 11.8 Å². The lowest BCUT2D eigenvalue weighted by Crippen LogP contribution is -2.45. The van der Waals surface area contributed by atoms with Crippen molar-refractivity contribution in [1.29, 1.82) is 0 Å². The molecule has 2 unspecified atom stereocenters. The summed E-state index contributed by atoms with van der Waals surface area (Å²) in [7, 11) is 1.78. The van der Waals surface area contributed by atoms with Gasteiger partial charge in [0.15, 0.2) is 0 Å². The molecule has 0 spiro atoms. The zero-order valence-corrected chi connectivity index (χ0v) is 12.0. The number of carbonyl (C=O) groups excluding carboxylic acids is 1. The molecule has 17 heavy (non-hydrogen) atoms. The molecule has 5 heteroatoms. The van der Waals surface area contributed by atoms with Crippen molar-refractivity contribution in [3.8, 4) is 0 Å². The molecule has 0 aliphatic heterocycles. The van der Waals surface area contributed by atoms with Crippen molar-refractivity contribution in [3.05, 3.63) is 21.3 Å². The normalized spacial score (nSPS) is 14.4. The molecule has 0 fully saturated rings. The fraction of sp³-hybridized carbons (Fsp3) is 0.583. The minimum atomic E-state index is -0.416. The zero-order chi connectivity index (χ0) is 13.0. The molecule has 0 aliphatic carbocycles. The first-order valence-corrected chi connectivity index (χ1v) is 6.90. The van der Waals surface area contributed by atoms with Gasteiger partial charge in [-0.1, -0.05) is 31.9 Å². The predicted octanol–water partition coefficient (Wildman–Crippen LogP) is 2.73. The van der Waals surface area contributed by atoms with E-state index in [1.54, 1.807) is 11.9 Å². The van der Waals surface area contributed by atoms with Gasteiger partial charge in [0, 0.05) is 11.9 Å². The third-order valence-corrected chi connectivity index (χ3v) is 4.16. The Morgan fingerprint density at radius 1 is 1.59 bits per heavy atom. The van der Waals surface area contributed by atoms with Gasteiger partial charge in [-0.15, -0.1) is 11.3 Å². The molecular weight excluding hydrogens is 256 g/mol. The number of halogens is 1. The molecule has 3 nitrogen and oxygen atoms in total. The molecule has 0 bridgehead atoms. The minimum absolute atomic E-state index is 0.0103. The van der Waals surface area contributed by atoms with Crippen LogP contribution in [-0.2, 0) is 11.3 Å². The molecule has 1 aromatic heterocycles. The predicted molar refractivity (Wildman–Crippen MR) is 73.2 cm³/mol. The highest BCUT2D eigenvalue weighted by Crippen LogP contribution is 2.22. The third-order valence-electron chi connectivity index (χ3n) is 2.94. The van der Waals surface area contributed by atoms with Crippen LogP contribution in [0.5, 0.6) is 0 Å². The van der Waals surface area contributed by atoms with Crippen molar-refractivity contribution in [2.45, 2.75) is 32.9 Å². The number of hydrogen-bond donors (Lipinski definition) is 1. The molecule has 1 aromatic rings. The van der Waals surface area contributed by atoms with E-state index in [0.29, 0.717) is 6.54 Å². The van der Waals surface area contributed by atoms with E-state index < -0.39 is 6.04 Å². The van der Waals surface area contributed by atoms with Crippen LogP contribution >= 0.6 is 22.9 Å². The second-order valence-electron chi connectivity index (χ2n) is 4.31. The average molecular weight is 275 g/mol. The molecule has 0 aliphatic rings. The van der Waals surface area contributed by atoms with E-state index >= 15 is 0 Å². The number of amides is 1. The number of thiophene rings is 1. The van der Waals surface area contributed by atoms with Crippen LogP contribution in [0.15, 0.2) is 12.1 Å². The molecule has 0 saturated carbocycles.